The Bertz CT molecular complexity index is 149. The van der Waals surface area contributed by atoms with Crippen molar-refractivity contribution in [2.75, 3.05) is 0 Å². The maximum Gasteiger partial charge on any atom is -0.00354 e. The van der Waals surface area contributed by atoms with E-state index in [2.05, 4.69) is 20.8 Å². The largest absolute Gasteiger partial charge is 0.0894 e. The van der Waals surface area contributed by atoms with Gasteiger partial charge in [0.2, 0.25) is 0 Å². The molecular formula is C10H18S. The smallest absolute Gasteiger partial charge is 0.00354 e. The molecule has 1 fully saturated rings. The van der Waals surface area contributed by atoms with Gasteiger partial charge in [-0.15, -0.1) is 0 Å². The van der Waals surface area contributed by atoms with E-state index >= 15 is 0 Å². The Labute approximate surface area is 75.4 Å². The van der Waals surface area contributed by atoms with Crippen LogP contribution in [-0.2, 0) is 0 Å². The maximum atomic E-state index is 5.38. The molecule has 0 aromatic rings. The summed E-state index contributed by atoms with van der Waals surface area (Å²) >= 11 is 5.38. The Morgan fingerprint density at radius 1 is 1.36 bits per heavy atom. The first kappa shape index (κ1) is 9.18. The van der Waals surface area contributed by atoms with Gasteiger partial charge in [0.25, 0.3) is 0 Å². The topological polar surface area (TPSA) is 0 Å². The van der Waals surface area contributed by atoms with Crippen LogP contribution in [0.2, 0.25) is 0 Å². The number of hydrogen-bond acceptors (Lipinski definition) is 1. The second kappa shape index (κ2) is 3.66. The summed E-state index contributed by atoms with van der Waals surface area (Å²) in [6.45, 7) is 6.88. The van der Waals surface area contributed by atoms with Crippen LogP contribution in [0.5, 0.6) is 0 Å². The molecule has 11 heavy (non-hydrogen) atoms. The van der Waals surface area contributed by atoms with Crippen molar-refractivity contribution in [2.24, 2.45) is 17.8 Å². The molecule has 0 heterocycles. The van der Waals surface area contributed by atoms with Crippen molar-refractivity contribution in [1.29, 1.82) is 0 Å². The summed E-state index contributed by atoms with van der Waals surface area (Å²) in [7, 11) is 0. The van der Waals surface area contributed by atoms with E-state index in [1.807, 2.05) is 0 Å². The molecule has 0 N–H and O–H groups in total. The van der Waals surface area contributed by atoms with E-state index in [1.165, 1.54) is 24.1 Å². The van der Waals surface area contributed by atoms with Crippen molar-refractivity contribution in [1.82, 2.24) is 0 Å². The minimum atomic E-state index is 0.737. The third-order valence-corrected chi connectivity index (χ3v) is 3.21. The fourth-order valence-electron chi connectivity index (χ4n) is 1.93. The molecule has 0 amide bonds. The second-order valence-corrected chi connectivity index (χ2v) is 4.73. The van der Waals surface area contributed by atoms with Crippen LogP contribution in [0.4, 0.5) is 0 Å². The summed E-state index contributed by atoms with van der Waals surface area (Å²) in [4.78, 5) is 1.33. The first-order valence-electron chi connectivity index (χ1n) is 4.64. The average molecular weight is 170 g/mol. The third kappa shape index (κ3) is 2.26. The summed E-state index contributed by atoms with van der Waals surface area (Å²) in [5.74, 6) is 2.34. The molecule has 0 bridgehead atoms. The van der Waals surface area contributed by atoms with Crippen LogP contribution < -0.4 is 0 Å². The van der Waals surface area contributed by atoms with Gasteiger partial charge in [-0.05, 0) is 41.9 Å². The van der Waals surface area contributed by atoms with E-state index in [9.17, 15) is 0 Å². The van der Waals surface area contributed by atoms with Crippen LogP contribution in [0.15, 0.2) is 0 Å². The molecule has 1 rings (SSSR count). The van der Waals surface area contributed by atoms with E-state index in [0.717, 1.165) is 17.8 Å². The fourth-order valence-corrected chi connectivity index (χ4v) is 2.60. The van der Waals surface area contributed by atoms with Gasteiger partial charge in [-0.25, -0.2) is 0 Å². The predicted molar refractivity (Wildman–Crippen MR) is 53.9 cm³/mol. The second-order valence-electron chi connectivity index (χ2n) is 4.20. The standard InChI is InChI=1S/C10H18S/c1-7(2)9-5-4-8(3)6-10(9)11/h7-9H,4-6H2,1-3H3. The van der Waals surface area contributed by atoms with E-state index in [1.54, 1.807) is 0 Å². The minimum absolute atomic E-state index is 0.737. The Morgan fingerprint density at radius 2 is 2.00 bits per heavy atom. The summed E-state index contributed by atoms with van der Waals surface area (Å²) in [6, 6.07) is 0. The summed E-state index contributed by atoms with van der Waals surface area (Å²) in [6.07, 6.45) is 3.90. The zero-order valence-electron chi connectivity index (χ0n) is 7.76. The van der Waals surface area contributed by atoms with Gasteiger partial charge in [0.15, 0.2) is 0 Å². The number of hydrogen-bond donors (Lipinski definition) is 0. The highest BCUT2D eigenvalue weighted by Gasteiger charge is 2.24. The van der Waals surface area contributed by atoms with Gasteiger partial charge in [0.1, 0.15) is 0 Å². The maximum absolute atomic E-state index is 5.38. The molecule has 0 spiro atoms. The molecule has 0 aromatic heterocycles. The van der Waals surface area contributed by atoms with E-state index in [0.29, 0.717) is 0 Å². The fraction of sp³-hybridized carbons (Fsp3) is 0.900. The van der Waals surface area contributed by atoms with Gasteiger partial charge in [-0.1, -0.05) is 33.0 Å². The highest BCUT2D eigenvalue weighted by molar-refractivity contribution is 7.80. The lowest BCUT2D eigenvalue weighted by Crippen LogP contribution is -2.25. The van der Waals surface area contributed by atoms with E-state index in [4.69, 9.17) is 12.2 Å². The predicted octanol–water partition coefficient (Wildman–Crippen LogP) is 3.45. The number of rotatable bonds is 1. The van der Waals surface area contributed by atoms with E-state index in [-0.39, 0.29) is 0 Å². The van der Waals surface area contributed by atoms with Crippen molar-refractivity contribution in [3.63, 3.8) is 0 Å². The Kier molecular flexibility index (Phi) is 3.06. The van der Waals surface area contributed by atoms with Crippen LogP contribution in [-0.4, -0.2) is 4.86 Å². The molecule has 1 saturated carbocycles. The van der Waals surface area contributed by atoms with Gasteiger partial charge in [0, 0.05) is 0 Å². The molecule has 1 heteroatoms. The van der Waals surface area contributed by atoms with Crippen molar-refractivity contribution in [3.05, 3.63) is 0 Å². The van der Waals surface area contributed by atoms with Gasteiger partial charge < -0.3 is 0 Å². The Hall–Kier alpha value is 0.0900. The zero-order chi connectivity index (χ0) is 8.43. The zero-order valence-corrected chi connectivity index (χ0v) is 8.58. The number of thiocarbonyl (C=S) groups is 1. The molecule has 64 valence electrons. The minimum Gasteiger partial charge on any atom is -0.0894 e. The summed E-state index contributed by atoms with van der Waals surface area (Å²) in [5, 5.41) is 0. The van der Waals surface area contributed by atoms with E-state index < -0.39 is 0 Å². The van der Waals surface area contributed by atoms with Crippen LogP contribution in [0.3, 0.4) is 0 Å². The molecular weight excluding hydrogens is 152 g/mol. The normalized spacial score (nSPS) is 32.9. The third-order valence-electron chi connectivity index (χ3n) is 2.74. The Balaban J connectivity index is 2.51. The lowest BCUT2D eigenvalue weighted by molar-refractivity contribution is 0.370. The van der Waals surface area contributed by atoms with Gasteiger partial charge >= 0.3 is 0 Å². The van der Waals surface area contributed by atoms with Crippen LogP contribution in [0.1, 0.15) is 40.0 Å². The average Bonchev–Trinajstić information content (AvgIpc) is 1.85. The molecule has 0 aromatic carbocycles. The highest BCUT2D eigenvalue weighted by atomic mass is 32.1. The molecule has 2 unspecified atom stereocenters. The van der Waals surface area contributed by atoms with Gasteiger partial charge in [-0.3, -0.25) is 0 Å². The first-order valence-corrected chi connectivity index (χ1v) is 5.04. The highest BCUT2D eigenvalue weighted by Crippen LogP contribution is 2.31. The molecule has 0 aliphatic heterocycles. The molecule has 2 atom stereocenters. The lowest BCUT2D eigenvalue weighted by atomic mass is 9.77. The van der Waals surface area contributed by atoms with Crippen molar-refractivity contribution in [3.8, 4) is 0 Å². The van der Waals surface area contributed by atoms with Crippen molar-refractivity contribution >= 4 is 17.1 Å². The van der Waals surface area contributed by atoms with Crippen LogP contribution in [0.25, 0.3) is 0 Å². The van der Waals surface area contributed by atoms with Gasteiger partial charge in [0.05, 0.1) is 0 Å². The van der Waals surface area contributed by atoms with Crippen molar-refractivity contribution in [2.45, 2.75) is 40.0 Å². The van der Waals surface area contributed by atoms with Gasteiger partial charge in [-0.2, -0.15) is 0 Å². The lowest BCUT2D eigenvalue weighted by Gasteiger charge is -2.29. The van der Waals surface area contributed by atoms with Crippen molar-refractivity contribution < 1.29 is 0 Å². The quantitative estimate of drug-likeness (QED) is 0.543. The summed E-state index contributed by atoms with van der Waals surface area (Å²) < 4.78 is 0. The SMILES string of the molecule is CC1CCC(C(C)C)C(=S)C1. The Morgan fingerprint density at radius 3 is 2.45 bits per heavy atom. The molecule has 1 aliphatic rings. The van der Waals surface area contributed by atoms with Crippen LogP contribution in [0, 0.1) is 17.8 Å². The monoisotopic (exact) mass is 170 g/mol. The molecule has 0 saturated heterocycles. The molecule has 0 radical (unpaired) electrons. The first-order chi connectivity index (χ1) is 5.11. The molecule has 0 nitrogen and oxygen atoms in total. The summed E-state index contributed by atoms with van der Waals surface area (Å²) in [5.41, 5.74) is 0. The molecule has 1 aliphatic carbocycles. The van der Waals surface area contributed by atoms with Crippen LogP contribution >= 0.6 is 12.2 Å².